The summed E-state index contributed by atoms with van der Waals surface area (Å²) in [7, 11) is 0. The molecule has 0 unspecified atom stereocenters. The number of halogens is 4. The summed E-state index contributed by atoms with van der Waals surface area (Å²) in [6, 6.07) is 7.26. The van der Waals surface area contributed by atoms with Gasteiger partial charge in [0.15, 0.2) is 10.4 Å². The molecule has 0 saturated carbocycles. The van der Waals surface area contributed by atoms with Gasteiger partial charge in [-0.3, -0.25) is 4.79 Å². The molecule has 0 aliphatic carbocycles. The Balaban J connectivity index is 2.36. The van der Waals surface area contributed by atoms with Crippen LogP contribution in [-0.4, -0.2) is 5.91 Å². The van der Waals surface area contributed by atoms with Crippen LogP contribution in [0.1, 0.15) is 21.7 Å². The van der Waals surface area contributed by atoms with E-state index in [1.807, 2.05) is 0 Å². The van der Waals surface area contributed by atoms with Crippen LogP contribution in [0.2, 0.25) is 0 Å². The quantitative estimate of drug-likeness (QED) is 0.875. The molecule has 0 aliphatic rings. The van der Waals surface area contributed by atoms with Crippen LogP contribution in [0.5, 0.6) is 0 Å². The molecule has 1 N–H and O–H groups in total. The van der Waals surface area contributed by atoms with Gasteiger partial charge < -0.3 is 9.73 Å². The third kappa shape index (κ3) is 3.44. The van der Waals surface area contributed by atoms with Crippen LogP contribution in [0.15, 0.2) is 39.4 Å². The van der Waals surface area contributed by atoms with Crippen molar-refractivity contribution < 1.29 is 22.4 Å². The third-order valence-electron chi connectivity index (χ3n) is 2.50. The Kier molecular flexibility index (Phi) is 4.04. The van der Waals surface area contributed by atoms with Gasteiger partial charge in [-0.1, -0.05) is 0 Å². The summed E-state index contributed by atoms with van der Waals surface area (Å²) in [4.78, 5) is 11.8. The summed E-state index contributed by atoms with van der Waals surface area (Å²) in [6.45, 7) is 0. The fraction of sp³-hybridized carbons (Fsp3) is 0.0769. The van der Waals surface area contributed by atoms with Gasteiger partial charge in [0.25, 0.3) is 5.91 Å². The van der Waals surface area contributed by atoms with Crippen LogP contribution < -0.4 is 5.32 Å². The number of amides is 1. The van der Waals surface area contributed by atoms with E-state index in [1.54, 1.807) is 6.07 Å². The van der Waals surface area contributed by atoms with E-state index in [4.69, 9.17) is 9.68 Å². The van der Waals surface area contributed by atoms with E-state index in [0.29, 0.717) is 6.07 Å². The Morgan fingerprint density at radius 3 is 2.52 bits per heavy atom. The van der Waals surface area contributed by atoms with Crippen molar-refractivity contribution in [2.75, 3.05) is 5.32 Å². The van der Waals surface area contributed by atoms with Gasteiger partial charge in [-0.2, -0.15) is 18.4 Å². The van der Waals surface area contributed by atoms with Crippen molar-refractivity contribution in [3.63, 3.8) is 0 Å². The number of alkyl halides is 3. The van der Waals surface area contributed by atoms with Gasteiger partial charge in [-0.05, 0) is 46.3 Å². The Hall–Kier alpha value is -2.27. The zero-order valence-corrected chi connectivity index (χ0v) is 11.7. The monoisotopic (exact) mass is 358 g/mol. The van der Waals surface area contributed by atoms with Crippen molar-refractivity contribution in [3.8, 4) is 6.07 Å². The van der Waals surface area contributed by atoms with Gasteiger partial charge in [-0.15, -0.1) is 0 Å². The van der Waals surface area contributed by atoms with Crippen molar-refractivity contribution in [2.24, 2.45) is 0 Å². The molecule has 1 aromatic carbocycles. The van der Waals surface area contributed by atoms with Gasteiger partial charge in [0.05, 0.1) is 22.9 Å². The summed E-state index contributed by atoms with van der Waals surface area (Å²) in [5.74, 6) is -0.963. The number of carbonyl (C=O) groups excluding carboxylic acids is 1. The van der Waals surface area contributed by atoms with Crippen LogP contribution in [0.3, 0.4) is 0 Å². The molecule has 0 atom stereocenters. The molecule has 0 spiro atoms. The summed E-state index contributed by atoms with van der Waals surface area (Å²) >= 11 is 2.99. The fourth-order valence-corrected chi connectivity index (χ4v) is 1.88. The fourth-order valence-electron chi connectivity index (χ4n) is 1.58. The van der Waals surface area contributed by atoms with Crippen molar-refractivity contribution in [1.29, 1.82) is 5.26 Å². The molecule has 4 nitrogen and oxygen atoms in total. The number of hydrogen-bond donors (Lipinski definition) is 1. The molecule has 1 heterocycles. The maximum atomic E-state index is 12.9. The second-order valence-corrected chi connectivity index (χ2v) is 4.71. The predicted molar refractivity (Wildman–Crippen MR) is 70.5 cm³/mol. The molecule has 1 aromatic heterocycles. The number of rotatable bonds is 2. The number of nitriles is 1. The van der Waals surface area contributed by atoms with Gasteiger partial charge in [0.2, 0.25) is 0 Å². The molecule has 0 aliphatic heterocycles. The van der Waals surface area contributed by atoms with E-state index in [-0.39, 0.29) is 16.0 Å². The first-order valence-corrected chi connectivity index (χ1v) is 6.28. The highest BCUT2D eigenvalue weighted by atomic mass is 79.9. The first-order chi connectivity index (χ1) is 9.81. The summed E-state index contributed by atoms with van der Waals surface area (Å²) in [5.41, 5.74) is -1.69. The Bertz CT molecular complexity index is 732. The van der Waals surface area contributed by atoms with Gasteiger partial charge in [0, 0.05) is 0 Å². The molecule has 1 amide bonds. The van der Waals surface area contributed by atoms with E-state index in [1.165, 1.54) is 18.2 Å². The second-order valence-electron chi connectivity index (χ2n) is 3.93. The number of furan rings is 1. The molecule has 108 valence electrons. The van der Waals surface area contributed by atoms with E-state index in [9.17, 15) is 18.0 Å². The lowest BCUT2D eigenvalue weighted by Gasteiger charge is -2.13. The summed E-state index contributed by atoms with van der Waals surface area (Å²) in [5, 5.41) is 10.8. The van der Waals surface area contributed by atoms with E-state index >= 15 is 0 Å². The van der Waals surface area contributed by atoms with Crippen LogP contribution >= 0.6 is 15.9 Å². The van der Waals surface area contributed by atoms with Crippen LogP contribution in [0.25, 0.3) is 0 Å². The maximum Gasteiger partial charge on any atom is 0.418 e. The Morgan fingerprint density at radius 2 is 2.00 bits per heavy atom. The first kappa shape index (κ1) is 15.1. The minimum atomic E-state index is -4.70. The number of nitrogens with one attached hydrogen (secondary N) is 1. The number of anilines is 1. The maximum absolute atomic E-state index is 12.9. The molecule has 0 radical (unpaired) electrons. The number of carbonyl (C=O) groups is 1. The van der Waals surface area contributed by atoms with Gasteiger partial charge in [-0.25, -0.2) is 0 Å². The highest BCUT2D eigenvalue weighted by Crippen LogP contribution is 2.35. The van der Waals surface area contributed by atoms with E-state index in [0.717, 1.165) is 6.07 Å². The Morgan fingerprint density at radius 1 is 1.29 bits per heavy atom. The molecule has 2 aromatic rings. The number of hydrogen-bond acceptors (Lipinski definition) is 3. The van der Waals surface area contributed by atoms with Crippen molar-refractivity contribution in [1.82, 2.24) is 0 Å². The van der Waals surface area contributed by atoms with Gasteiger partial charge >= 0.3 is 6.18 Å². The zero-order valence-electron chi connectivity index (χ0n) is 10.2. The zero-order chi connectivity index (χ0) is 15.6. The average molecular weight is 359 g/mol. The lowest BCUT2D eigenvalue weighted by Crippen LogP contribution is -2.16. The smallest absolute Gasteiger partial charge is 0.418 e. The normalized spacial score (nSPS) is 11.0. The third-order valence-corrected chi connectivity index (χ3v) is 2.93. The molecule has 21 heavy (non-hydrogen) atoms. The van der Waals surface area contributed by atoms with Crippen molar-refractivity contribution >= 4 is 27.5 Å². The van der Waals surface area contributed by atoms with E-state index in [2.05, 4.69) is 21.2 Å². The predicted octanol–water partition coefficient (Wildman–Crippen LogP) is 4.18. The highest BCUT2D eigenvalue weighted by Gasteiger charge is 2.34. The highest BCUT2D eigenvalue weighted by molar-refractivity contribution is 9.10. The molecule has 0 bridgehead atoms. The van der Waals surface area contributed by atoms with Crippen LogP contribution in [-0.2, 0) is 6.18 Å². The van der Waals surface area contributed by atoms with E-state index < -0.39 is 23.3 Å². The first-order valence-electron chi connectivity index (χ1n) is 5.49. The number of nitrogens with zero attached hydrogens (tertiary/aromatic N) is 1. The molecule has 2 rings (SSSR count). The topological polar surface area (TPSA) is 66.0 Å². The molecule has 0 saturated heterocycles. The molecule has 0 fully saturated rings. The minimum Gasteiger partial charge on any atom is -0.444 e. The van der Waals surface area contributed by atoms with Crippen molar-refractivity contribution in [2.45, 2.75) is 6.18 Å². The minimum absolute atomic E-state index is 0.139. The molecule has 8 heteroatoms. The lowest BCUT2D eigenvalue weighted by atomic mass is 10.1. The van der Waals surface area contributed by atoms with Crippen LogP contribution in [0.4, 0.5) is 18.9 Å². The van der Waals surface area contributed by atoms with Gasteiger partial charge in [0.1, 0.15) is 0 Å². The second kappa shape index (κ2) is 5.61. The lowest BCUT2D eigenvalue weighted by molar-refractivity contribution is -0.136. The van der Waals surface area contributed by atoms with Crippen molar-refractivity contribution in [3.05, 3.63) is 51.9 Å². The SMILES string of the molecule is N#Cc1ccc(NC(=O)c2ccc(Br)o2)c(C(F)(F)F)c1. The van der Waals surface area contributed by atoms with Crippen LogP contribution in [0, 0.1) is 11.3 Å². The standard InChI is InChI=1S/C13H6BrF3N2O2/c14-11-4-3-10(21-11)12(20)19-9-2-1-7(6-18)5-8(9)13(15,16)17/h1-5H,(H,19,20). The number of benzene rings is 1. The average Bonchev–Trinajstić information content (AvgIpc) is 2.84. The molecular formula is C13H6BrF3N2O2. The summed E-state index contributed by atoms with van der Waals surface area (Å²) in [6.07, 6.45) is -4.70. The Labute approximate surface area is 125 Å². The molecular weight excluding hydrogens is 353 g/mol. The summed E-state index contributed by atoms with van der Waals surface area (Å²) < 4.78 is 44.0. The largest absolute Gasteiger partial charge is 0.444 e.